The lowest BCUT2D eigenvalue weighted by molar-refractivity contribution is -0.138. The van der Waals surface area contributed by atoms with E-state index >= 15 is 0 Å². The molecule has 0 aliphatic rings. The van der Waals surface area contributed by atoms with Crippen molar-refractivity contribution in [2.45, 2.75) is 12.5 Å². The molecule has 0 fully saturated rings. The molecular formula is C18H18ClN3O3. The molecule has 7 heteroatoms. The smallest absolute Gasteiger partial charge is 0.320 e. The molecule has 1 aromatic heterocycles. The summed E-state index contributed by atoms with van der Waals surface area (Å²) in [7, 11) is 0. The lowest BCUT2D eigenvalue weighted by Gasteiger charge is -2.06. The van der Waals surface area contributed by atoms with Gasteiger partial charge in [0.2, 0.25) is 0 Å². The van der Waals surface area contributed by atoms with Crippen LogP contribution in [0.2, 0.25) is 0 Å². The number of nitrogens with one attached hydrogen (secondary N) is 1. The summed E-state index contributed by atoms with van der Waals surface area (Å²) in [6.07, 6.45) is 1.87. The average Bonchev–Trinajstić information content (AvgIpc) is 2.89. The summed E-state index contributed by atoms with van der Waals surface area (Å²) < 4.78 is 0. The van der Waals surface area contributed by atoms with E-state index in [0.29, 0.717) is 11.3 Å². The Morgan fingerprint density at radius 2 is 1.88 bits per heavy atom. The maximum Gasteiger partial charge on any atom is 0.320 e. The minimum absolute atomic E-state index is 0. The van der Waals surface area contributed by atoms with Crippen LogP contribution in [0.25, 0.3) is 10.9 Å². The van der Waals surface area contributed by atoms with Gasteiger partial charge in [-0.15, -0.1) is 12.4 Å². The predicted molar refractivity (Wildman–Crippen MR) is 100 cm³/mol. The molecule has 0 bridgehead atoms. The van der Waals surface area contributed by atoms with Crippen LogP contribution in [-0.4, -0.2) is 33.4 Å². The molecule has 0 amide bonds. The van der Waals surface area contributed by atoms with Gasteiger partial charge in [-0.05, 0) is 30.2 Å². The zero-order valence-electron chi connectivity index (χ0n) is 13.2. The summed E-state index contributed by atoms with van der Waals surface area (Å²) in [5.41, 5.74) is 8.52. The van der Waals surface area contributed by atoms with Gasteiger partial charge in [-0.3, -0.25) is 9.79 Å². The highest BCUT2D eigenvalue weighted by atomic mass is 35.5. The molecule has 130 valence electrons. The van der Waals surface area contributed by atoms with E-state index in [1.165, 1.54) is 0 Å². The number of H-pyrrole nitrogens is 1. The number of aromatic nitrogens is 1. The Balaban J connectivity index is 0.00000225. The topological polar surface area (TPSA) is 112 Å². The number of aromatic hydroxyl groups is 1. The molecule has 1 atom stereocenters. The fourth-order valence-electron chi connectivity index (χ4n) is 2.48. The van der Waals surface area contributed by atoms with E-state index in [2.05, 4.69) is 9.98 Å². The van der Waals surface area contributed by atoms with Gasteiger partial charge in [-0.25, -0.2) is 0 Å². The van der Waals surface area contributed by atoms with E-state index in [4.69, 9.17) is 10.8 Å². The third-order valence-electron chi connectivity index (χ3n) is 3.78. The first-order valence-electron chi connectivity index (χ1n) is 7.45. The molecule has 0 saturated carbocycles. The summed E-state index contributed by atoms with van der Waals surface area (Å²) in [6.45, 7) is 0. The number of aromatic amines is 1. The molecule has 0 spiro atoms. The van der Waals surface area contributed by atoms with Crippen LogP contribution in [0, 0.1) is 0 Å². The fourth-order valence-corrected chi connectivity index (χ4v) is 2.48. The highest BCUT2D eigenvalue weighted by Crippen LogP contribution is 2.26. The second kappa shape index (κ2) is 7.83. The number of para-hydroxylation sites is 1. The number of fused-ring (bicyclic) bond motifs is 1. The highest BCUT2D eigenvalue weighted by molar-refractivity contribution is 6.02. The zero-order chi connectivity index (χ0) is 17.1. The van der Waals surface area contributed by atoms with E-state index < -0.39 is 12.0 Å². The van der Waals surface area contributed by atoms with E-state index in [1.54, 1.807) is 30.5 Å². The number of aliphatic imine (C=N–C) groups is 1. The van der Waals surface area contributed by atoms with Gasteiger partial charge in [0.15, 0.2) is 5.88 Å². The van der Waals surface area contributed by atoms with Crippen molar-refractivity contribution in [3.05, 3.63) is 59.7 Å². The van der Waals surface area contributed by atoms with Crippen LogP contribution in [0.4, 0.5) is 5.69 Å². The molecule has 0 aliphatic heterocycles. The van der Waals surface area contributed by atoms with Gasteiger partial charge < -0.3 is 20.9 Å². The van der Waals surface area contributed by atoms with E-state index in [0.717, 1.165) is 16.5 Å². The maximum atomic E-state index is 10.8. The quantitative estimate of drug-likeness (QED) is 0.524. The molecule has 1 heterocycles. The maximum absolute atomic E-state index is 10.8. The van der Waals surface area contributed by atoms with Crippen LogP contribution >= 0.6 is 12.4 Å². The van der Waals surface area contributed by atoms with Gasteiger partial charge in [0.25, 0.3) is 0 Å². The van der Waals surface area contributed by atoms with E-state index in [-0.39, 0.29) is 24.7 Å². The van der Waals surface area contributed by atoms with E-state index in [9.17, 15) is 9.90 Å². The number of carboxylic acid groups (broad SMARTS) is 1. The van der Waals surface area contributed by atoms with Gasteiger partial charge in [-0.2, -0.15) is 0 Å². The van der Waals surface area contributed by atoms with Crippen LogP contribution in [0.15, 0.2) is 53.5 Å². The molecule has 3 aromatic rings. The highest BCUT2D eigenvalue weighted by Gasteiger charge is 2.12. The monoisotopic (exact) mass is 359 g/mol. The predicted octanol–water partition coefficient (Wildman–Crippen LogP) is 3.00. The molecule has 25 heavy (non-hydrogen) atoms. The molecule has 3 rings (SSSR count). The molecule has 5 N–H and O–H groups in total. The second-order valence-electron chi connectivity index (χ2n) is 5.51. The number of rotatable bonds is 5. The number of carboxylic acids is 1. The zero-order valence-corrected chi connectivity index (χ0v) is 14.0. The summed E-state index contributed by atoms with van der Waals surface area (Å²) in [5.74, 6) is -0.948. The average molecular weight is 360 g/mol. The Morgan fingerprint density at radius 3 is 2.56 bits per heavy atom. The normalized spacial score (nSPS) is 12.2. The summed E-state index contributed by atoms with van der Waals surface area (Å²) in [6, 6.07) is 13.8. The molecule has 0 radical (unpaired) electrons. The van der Waals surface area contributed by atoms with E-state index in [1.807, 2.05) is 24.3 Å². The van der Waals surface area contributed by atoms with Crippen molar-refractivity contribution in [2.24, 2.45) is 10.7 Å². The van der Waals surface area contributed by atoms with Gasteiger partial charge in [0, 0.05) is 17.1 Å². The van der Waals surface area contributed by atoms with Crippen molar-refractivity contribution in [1.82, 2.24) is 4.98 Å². The van der Waals surface area contributed by atoms with Crippen LogP contribution in [0.1, 0.15) is 11.1 Å². The minimum Gasteiger partial charge on any atom is -0.494 e. The molecule has 0 saturated heterocycles. The third kappa shape index (κ3) is 4.17. The second-order valence-corrected chi connectivity index (χ2v) is 5.51. The number of hydrogen-bond donors (Lipinski definition) is 4. The van der Waals surface area contributed by atoms with Gasteiger partial charge in [0.05, 0.1) is 11.3 Å². The van der Waals surface area contributed by atoms with Crippen molar-refractivity contribution in [2.75, 3.05) is 0 Å². The van der Waals surface area contributed by atoms with Crippen molar-refractivity contribution in [3.8, 4) is 5.88 Å². The summed E-state index contributed by atoms with van der Waals surface area (Å²) >= 11 is 0. The van der Waals surface area contributed by atoms with Crippen LogP contribution in [-0.2, 0) is 11.2 Å². The Kier molecular flexibility index (Phi) is 5.80. The minimum atomic E-state index is -1.02. The first-order valence-corrected chi connectivity index (χ1v) is 7.45. The van der Waals surface area contributed by atoms with Gasteiger partial charge >= 0.3 is 5.97 Å². The Bertz CT molecular complexity index is 904. The molecule has 2 aromatic carbocycles. The van der Waals surface area contributed by atoms with Gasteiger partial charge in [0.1, 0.15) is 6.04 Å². The number of nitrogens with two attached hydrogens (primary N) is 1. The summed E-state index contributed by atoms with van der Waals surface area (Å²) in [5, 5.41) is 19.7. The Morgan fingerprint density at radius 1 is 1.20 bits per heavy atom. The lowest BCUT2D eigenvalue weighted by atomic mass is 10.1. The van der Waals surface area contributed by atoms with Crippen molar-refractivity contribution in [3.63, 3.8) is 0 Å². The third-order valence-corrected chi connectivity index (χ3v) is 3.78. The van der Waals surface area contributed by atoms with Crippen molar-refractivity contribution in [1.29, 1.82) is 0 Å². The number of benzene rings is 2. The number of halogens is 1. The number of carbonyl (C=O) groups is 1. The lowest BCUT2D eigenvalue weighted by Crippen LogP contribution is -2.32. The first-order chi connectivity index (χ1) is 11.5. The van der Waals surface area contributed by atoms with Crippen LogP contribution in [0.5, 0.6) is 5.88 Å². The molecule has 6 nitrogen and oxygen atoms in total. The first kappa shape index (κ1) is 18.5. The SMILES string of the molecule is Cl.N[C@H](Cc1ccc(N=Cc2c(O)[nH]c3ccccc23)cc1)C(=O)O. The number of aliphatic carboxylic acids is 1. The van der Waals surface area contributed by atoms with Crippen molar-refractivity contribution >= 4 is 41.2 Å². The number of hydrogen-bond acceptors (Lipinski definition) is 4. The number of nitrogens with zero attached hydrogens (tertiary/aromatic N) is 1. The fraction of sp³-hybridized carbons (Fsp3) is 0.111. The Hall–Kier alpha value is -2.83. The van der Waals surface area contributed by atoms with Gasteiger partial charge in [-0.1, -0.05) is 30.3 Å². The Labute approximate surface area is 150 Å². The molecular weight excluding hydrogens is 342 g/mol. The van der Waals surface area contributed by atoms with Crippen LogP contribution in [0.3, 0.4) is 0 Å². The summed E-state index contributed by atoms with van der Waals surface area (Å²) in [4.78, 5) is 18.0. The largest absolute Gasteiger partial charge is 0.494 e. The standard InChI is InChI=1S/C18H17N3O3.ClH/c19-15(18(23)24)9-11-5-7-12(8-6-11)20-10-14-13-3-1-2-4-16(13)21-17(14)22;/h1-8,10,15,21-22H,9,19H2,(H,23,24);1H/t15-;/m1./s1. The molecule has 0 aliphatic carbocycles. The molecule has 0 unspecified atom stereocenters. The van der Waals surface area contributed by atoms with Crippen LogP contribution < -0.4 is 5.73 Å². The van der Waals surface area contributed by atoms with Crippen molar-refractivity contribution < 1.29 is 15.0 Å².